The first-order chi connectivity index (χ1) is 10.1. The molecule has 1 N–H and O–H groups in total. The summed E-state index contributed by atoms with van der Waals surface area (Å²) in [7, 11) is 1.99. The lowest BCUT2D eigenvalue weighted by atomic mass is 9.84. The molecule has 0 fully saturated rings. The summed E-state index contributed by atoms with van der Waals surface area (Å²) in [4.78, 5) is 8.40. The second-order valence-corrected chi connectivity index (χ2v) is 6.38. The highest BCUT2D eigenvalue weighted by atomic mass is 15.3. The third kappa shape index (κ3) is 1.89. The predicted octanol–water partition coefficient (Wildman–Crippen LogP) is 3.65. The molecular weight excluding hydrogens is 260 g/mol. The maximum atomic E-state index is 4.87. The molecule has 2 unspecified atom stereocenters. The van der Waals surface area contributed by atoms with Gasteiger partial charge in [-0.2, -0.15) is 5.10 Å². The van der Waals surface area contributed by atoms with Gasteiger partial charge in [0.25, 0.3) is 0 Å². The second-order valence-electron chi connectivity index (χ2n) is 6.38. The number of nitrogens with one attached hydrogen (secondary N) is 1. The molecule has 1 aliphatic rings. The number of benzene rings is 1. The van der Waals surface area contributed by atoms with Crippen LogP contribution in [0.2, 0.25) is 0 Å². The van der Waals surface area contributed by atoms with Gasteiger partial charge in [0.1, 0.15) is 5.69 Å². The molecule has 2 aromatic heterocycles. The normalized spacial score (nSPS) is 21.7. The van der Waals surface area contributed by atoms with E-state index >= 15 is 0 Å². The largest absolute Gasteiger partial charge is 0.340 e. The van der Waals surface area contributed by atoms with Gasteiger partial charge in [0.15, 0.2) is 5.82 Å². The van der Waals surface area contributed by atoms with Gasteiger partial charge in [-0.05, 0) is 24.8 Å². The van der Waals surface area contributed by atoms with Gasteiger partial charge in [0, 0.05) is 24.0 Å². The summed E-state index contributed by atoms with van der Waals surface area (Å²) >= 11 is 0. The lowest BCUT2D eigenvalue weighted by Gasteiger charge is -2.22. The number of para-hydroxylation sites is 1. The zero-order valence-corrected chi connectivity index (χ0v) is 12.7. The van der Waals surface area contributed by atoms with E-state index in [1.807, 2.05) is 17.8 Å². The molecule has 0 spiro atoms. The Morgan fingerprint density at radius 1 is 1.24 bits per heavy atom. The number of fused-ring (bicyclic) bond motifs is 2. The van der Waals surface area contributed by atoms with E-state index < -0.39 is 0 Å². The number of hydrogen-bond acceptors (Lipinski definition) is 2. The molecule has 4 rings (SSSR count). The fourth-order valence-electron chi connectivity index (χ4n) is 3.63. The first-order valence-corrected chi connectivity index (χ1v) is 7.64. The van der Waals surface area contributed by atoms with Crippen LogP contribution in [-0.2, 0) is 13.5 Å². The van der Waals surface area contributed by atoms with Gasteiger partial charge in [-0.25, -0.2) is 4.98 Å². The minimum absolute atomic E-state index is 0.531. The summed E-state index contributed by atoms with van der Waals surface area (Å²) in [5.74, 6) is 2.17. The highest BCUT2D eigenvalue weighted by molar-refractivity contribution is 5.91. The van der Waals surface area contributed by atoms with Crippen molar-refractivity contribution >= 4 is 10.9 Å². The number of aryl methyl sites for hydroxylation is 1. The standard InChI is InChI=1S/C17H20N4/c1-10-8-11(2)15-13(9-10)18-17(19-15)16-12-6-4-5-7-14(12)21(3)20-16/h4-7,10-11H,8-9H2,1-3H3,(H,18,19). The Kier molecular flexibility index (Phi) is 2.67. The van der Waals surface area contributed by atoms with E-state index in [0.29, 0.717) is 5.92 Å². The zero-order valence-electron chi connectivity index (χ0n) is 12.7. The Labute approximate surface area is 124 Å². The predicted molar refractivity (Wildman–Crippen MR) is 84.2 cm³/mol. The third-order valence-electron chi connectivity index (χ3n) is 4.57. The maximum absolute atomic E-state index is 4.87. The number of nitrogens with zero attached hydrogens (tertiary/aromatic N) is 3. The van der Waals surface area contributed by atoms with Crippen LogP contribution in [-0.4, -0.2) is 19.7 Å². The topological polar surface area (TPSA) is 46.5 Å². The summed E-state index contributed by atoms with van der Waals surface area (Å²) in [6, 6.07) is 8.32. The quantitative estimate of drug-likeness (QED) is 0.739. The summed E-state index contributed by atoms with van der Waals surface area (Å²) in [5, 5.41) is 5.83. The average molecular weight is 280 g/mol. The first kappa shape index (κ1) is 12.6. The number of imidazole rings is 1. The lowest BCUT2D eigenvalue weighted by Crippen LogP contribution is -2.14. The molecule has 1 aliphatic carbocycles. The smallest absolute Gasteiger partial charge is 0.159 e. The Bertz CT molecular complexity index is 811. The molecule has 2 atom stereocenters. The van der Waals surface area contributed by atoms with E-state index in [0.717, 1.165) is 34.8 Å². The van der Waals surface area contributed by atoms with Crippen LogP contribution in [0.25, 0.3) is 22.4 Å². The molecule has 21 heavy (non-hydrogen) atoms. The van der Waals surface area contributed by atoms with Crippen molar-refractivity contribution in [2.75, 3.05) is 0 Å². The van der Waals surface area contributed by atoms with Crippen molar-refractivity contribution in [1.29, 1.82) is 0 Å². The van der Waals surface area contributed by atoms with Crippen molar-refractivity contribution in [1.82, 2.24) is 19.7 Å². The van der Waals surface area contributed by atoms with Crippen LogP contribution in [0, 0.1) is 5.92 Å². The summed E-state index contributed by atoms with van der Waals surface area (Å²) in [6.45, 7) is 4.59. The Balaban J connectivity index is 1.89. The van der Waals surface area contributed by atoms with Crippen LogP contribution < -0.4 is 0 Å². The molecule has 108 valence electrons. The van der Waals surface area contributed by atoms with E-state index in [9.17, 15) is 0 Å². The number of hydrogen-bond donors (Lipinski definition) is 1. The Hall–Kier alpha value is -2.10. The van der Waals surface area contributed by atoms with E-state index in [1.54, 1.807) is 0 Å². The molecule has 2 heterocycles. The fourth-order valence-corrected chi connectivity index (χ4v) is 3.63. The van der Waals surface area contributed by atoms with Gasteiger partial charge in [0.05, 0.1) is 11.2 Å². The molecule has 3 aromatic rings. The van der Waals surface area contributed by atoms with E-state index in [1.165, 1.54) is 17.8 Å². The van der Waals surface area contributed by atoms with Gasteiger partial charge in [-0.15, -0.1) is 0 Å². The van der Waals surface area contributed by atoms with Gasteiger partial charge in [-0.3, -0.25) is 4.68 Å². The zero-order chi connectivity index (χ0) is 14.6. The van der Waals surface area contributed by atoms with Crippen LogP contribution >= 0.6 is 0 Å². The second kappa shape index (κ2) is 4.45. The van der Waals surface area contributed by atoms with E-state index in [4.69, 9.17) is 4.98 Å². The van der Waals surface area contributed by atoms with Crippen LogP contribution in [0.4, 0.5) is 0 Å². The first-order valence-electron chi connectivity index (χ1n) is 7.64. The molecule has 0 saturated heterocycles. The van der Waals surface area contributed by atoms with Crippen molar-refractivity contribution in [2.24, 2.45) is 13.0 Å². The lowest BCUT2D eigenvalue weighted by molar-refractivity contribution is 0.440. The number of aromatic amines is 1. The monoisotopic (exact) mass is 280 g/mol. The Morgan fingerprint density at radius 2 is 2.05 bits per heavy atom. The van der Waals surface area contributed by atoms with Gasteiger partial charge in [-0.1, -0.05) is 32.0 Å². The average Bonchev–Trinajstić information content (AvgIpc) is 3.01. The minimum Gasteiger partial charge on any atom is -0.340 e. The van der Waals surface area contributed by atoms with Gasteiger partial charge < -0.3 is 4.98 Å². The van der Waals surface area contributed by atoms with Crippen molar-refractivity contribution in [3.05, 3.63) is 35.7 Å². The summed E-state index contributed by atoms with van der Waals surface area (Å²) in [6.07, 6.45) is 2.32. The van der Waals surface area contributed by atoms with E-state index in [-0.39, 0.29) is 0 Å². The minimum atomic E-state index is 0.531. The molecule has 0 amide bonds. The van der Waals surface area contributed by atoms with E-state index in [2.05, 4.69) is 42.1 Å². The SMILES string of the molecule is CC1Cc2[nH]c(-c3nn(C)c4ccccc34)nc2C(C)C1. The highest BCUT2D eigenvalue weighted by Gasteiger charge is 2.26. The molecule has 0 saturated carbocycles. The molecule has 4 heteroatoms. The molecular formula is C17H20N4. The summed E-state index contributed by atoms with van der Waals surface area (Å²) < 4.78 is 1.93. The number of rotatable bonds is 1. The van der Waals surface area contributed by atoms with Crippen molar-refractivity contribution in [3.63, 3.8) is 0 Å². The third-order valence-corrected chi connectivity index (χ3v) is 4.57. The molecule has 0 aliphatic heterocycles. The van der Waals surface area contributed by atoms with Crippen molar-refractivity contribution in [2.45, 2.75) is 32.6 Å². The molecule has 1 aromatic carbocycles. The van der Waals surface area contributed by atoms with Gasteiger partial charge >= 0.3 is 0 Å². The van der Waals surface area contributed by atoms with Crippen molar-refractivity contribution < 1.29 is 0 Å². The van der Waals surface area contributed by atoms with Crippen LogP contribution in [0.3, 0.4) is 0 Å². The Morgan fingerprint density at radius 3 is 2.90 bits per heavy atom. The maximum Gasteiger partial charge on any atom is 0.159 e. The summed E-state index contributed by atoms with van der Waals surface area (Å²) in [5.41, 5.74) is 4.63. The highest BCUT2D eigenvalue weighted by Crippen LogP contribution is 2.35. The molecule has 0 radical (unpaired) electrons. The fraction of sp³-hybridized carbons (Fsp3) is 0.412. The number of H-pyrrole nitrogens is 1. The molecule has 4 nitrogen and oxygen atoms in total. The van der Waals surface area contributed by atoms with Crippen LogP contribution in [0.1, 0.15) is 37.6 Å². The number of aromatic nitrogens is 4. The van der Waals surface area contributed by atoms with Crippen LogP contribution in [0.15, 0.2) is 24.3 Å². The van der Waals surface area contributed by atoms with Gasteiger partial charge in [0.2, 0.25) is 0 Å². The van der Waals surface area contributed by atoms with Crippen LogP contribution in [0.5, 0.6) is 0 Å². The molecule has 0 bridgehead atoms. The van der Waals surface area contributed by atoms with Crippen molar-refractivity contribution in [3.8, 4) is 11.5 Å².